The van der Waals surface area contributed by atoms with Gasteiger partial charge in [0.25, 0.3) is 0 Å². The molecule has 0 bridgehead atoms. The third kappa shape index (κ3) is 4.00. The molecule has 1 atom stereocenters. The summed E-state index contributed by atoms with van der Waals surface area (Å²) in [5, 5.41) is 0. The van der Waals surface area contributed by atoms with Crippen LogP contribution in [0, 0.1) is 11.3 Å². The quantitative estimate of drug-likeness (QED) is 0.530. The first-order valence-electron chi connectivity index (χ1n) is 8.41. The van der Waals surface area contributed by atoms with Crippen molar-refractivity contribution in [2.45, 2.75) is 89.7 Å². The van der Waals surface area contributed by atoms with Crippen LogP contribution in [0.5, 0.6) is 0 Å². The van der Waals surface area contributed by atoms with E-state index in [2.05, 4.69) is 10.6 Å². The normalized spacial score (nSPS) is 26.8. The van der Waals surface area contributed by atoms with Gasteiger partial charge in [-0.3, -0.25) is 0 Å². The van der Waals surface area contributed by atoms with Gasteiger partial charge in [0.1, 0.15) is 16.1 Å². The Hall–Kier alpha value is -0.0200. The highest BCUT2D eigenvalue weighted by Gasteiger charge is 2.40. The molecule has 0 radical (unpaired) electrons. The molecule has 0 aromatic rings. The summed E-state index contributed by atoms with van der Waals surface area (Å²) in [4.78, 5) is 0. The monoisotopic (exact) mass is 297 g/mol. The third-order valence-electron chi connectivity index (χ3n) is 5.13. The van der Waals surface area contributed by atoms with Crippen molar-refractivity contribution in [2.75, 3.05) is 0 Å². The summed E-state index contributed by atoms with van der Waals surface area (Å²) in [6, 6.07) is 0. The number of nitrogens with zero attached hydrogens (tertiary/aromatic N) is 1. The van der Waals surface area contributed by atoms with Crippen molar-refractivity contribution in [3.63, 3.8) is 0 Å². The Balaban J connectivity index is 2.12. The van der Waals surface area contributed by atoms with Crippen LogP contribution in [-0.2, 0) is 11.4 Å². The minimum atomic E-state index is -1.10. The van der Waals surface area contributed by atoms with Crippen LogP contribution in [0.1, 0.15) is 85.0 Å². The minimum Gasteiger partial charge on any atom is -0.591 e. The highest BCUT2D eigenvalue weighted by molar-refractivity contribution is 7.91. The second-order valence-corrected chi connectivity index (χ2v) is 9.66. The van der Waals surface area contributed by atoms with E-state index in [1.165, 1.54) is 64.2 Å². The van der Waals surface area contributed by atoms with Crippen molar-refractivity contribution in [1.29, 1.82) is 0 Å². The summed E-state index contributed by atoms with van der Waals surface area (Å²) in [5.41, 5.74) is 0.263. The van der Waals surface area contributed by atoms with E-state index in [-0.39, 0.29) is 10.2 Å². The van der Waals surface area contributed by atoms with Crippen LogP contribution >= 0.6 is 0 Å². The van der Waals surface area contributed by atoms with E-state index < -0.39 is 11.4 Å². The fourth-order valence-corrected chi connectivity index (χ4v) is 4.46. The van der Waals surface area contributed by atoms with Crippen molar-refractivity contribution < 1.29 is 4.55 Å². The molecule has 3 heteroatoms. The molecule has 2 fully saturated rings. The summed E-state index contributed by atoms with van der Waals surface area (Å²) in [6.07, 6.45) is 15.6. The molecule has 2 rings (SSSR count). The van der Waals surface area contributed by atoms with Crippen LogP contribution in [0.3, 0.4) is 0 Å². The highest BCUT2D eigenvalue weighted by atomic mass is 32.2. The molecule has 2 aliphatic carbocycles. The molecule has 2 saturated carbocycles. The van der Waals surface area contributed by atoms with Gasteiger partial charge in [0, 0.05) is 5.41 Å². The maximum Gasteiger partial charge on any atom is 0.144 e. The Morgan fingerprint density at radius 2 is 1.55 bits per heavy atom. The lowest BCUT2D eigenvalue weighted by Gasteiger charge is -2.42. The molecule has 0 aliphatic heterocycles. The standard InChI is InChI=1S/C17H31NOS/c1-16(2,3)20(19)18-14-17(12-8-5-9-13-17)15-10-6-4-7-11-15/h14-15H,4-13H2,1-3H3/b18-14-. The Morgan fingerprint density at radius 1 is 1.00 bits per heavy atom. The number of hydrogen-bond acceptors (Lipinski definition) is 2. The van der Waals surface area contributed by atoms with E-state index in [1.807, 2.05) is 20.8 Å². The molecule has 0 saturated heterocycles. The summed E-state index contributed by atoms with van der Waals surface area (Å²) in [7, 11) is 0. The SMILES string of the molecule is CC(C)(C)[S+]([O-])/N=C\C1(C2CCCCC2)CCCCC1. The molecule has 2 nitrogen and oxygen atoms in total. The Bertz CT molecular complexity index is 322. The molecule has 0 heterocycles. The average molecular weight is 298 g/mol. The molecule has 116 valence electrons. The second-order valence-electron chi connectivity index (χ2n) is 7.72. The molecular formula is C17H31NOS. The predicted octanol–water partition coefficient (Wildman–Crippen LogP) is 5.05. The van der Waals surface area contributed by atoms with Gasteiger partial charge in [-0.05, 0) is 52.4 Å². The Labute approximate surface area is 128 Å². The van der Waals surface area contributed by atoms with E-state index in [4.69, 9.17) is 0 Å². The van der Waals surface area contributed by atoms with Gasteiger partial charge in [-0.25, -0.2) is 0 Å². The van der Waals surface area contributed by atoms with Gasteiger partial charge in [-0.2, -0.15) is 0 Å². The lowest BCUT2D eigenvalue weighted by atomic mass is 9.62. The molecule has 0 spiro atoms. The van der Waals surface area contributed by atoms with Crippen LogP contribution in [0.25, 0.3) is 0 Å². The first kappa shape index (κ1) is 16.4. The largest absolute Gasteiger partial charge is 0.591 e. The first-order chi connectivity index (χ1) is 9.44. The zero-order valence-corrected chi connectivity index (χ0v) is 14.3. The molecule has 0 amide bonds. The summed E-state index contributed by atoms with van der Waals surface area (Å²) in [6.45, 7) is 6.03. The zero-order chi connectivity index (χ0) is 14.6. The van der Waals surface area contributed by atoms with Crippen molar-refractivity contribution in [2.24, 2.45) is 15.7 Å². The molecular weight excluding hydrogens is 266 g/mol. The van der Waals surface area contributed by atoms with E-state index in [1.54, 1.807) is 0 Å². The molecule has 0 N–H and O–H groups in total. The molecule has 20 heavy (non-hydrogen) atoms. The van der Waals surface area contributed by atoms with Crippen LogP contribution in [0.4, 0.5) is 0 Å². The fourth-order valence-electron chi connectivity index (χ4n) is 3.84. The topological polar surface area (TPSA) is 35.4 Å². The van der Waals surface area contributed by atoms with Crippen LogP contribution in [0.15, 0.2) is 4.40 Å². The summed E-state index contributed by atoms with van der Waals surface area (Å²) >= 11 is -1.10. The van der Waals surface area contributed by atoms with Crippen molar-refractivity contribution in [3.8, 4) is 0 Å². The van der Waals surface area contributed by atoms with Crippen LogP contribution < -0.4 is 0 Å². The third-order valence-corrected chi connectivity index (χ3v) is 6.48. The Morgan fingerprint density at radius 3 is 2.10 bits per heavy atom. The van der Waals surface area contributed by atoms with Gasteiger partial charge in [0.2, 0.25) is 0 Å². The molecule has 1 unspecified atom stereocenters. The van der Waals surface area contributed by atoms with Crippen LogP contribution in [0.2, 0.25) is 0 Å². The van der Waals surface area contributed by atoms with Crippen LogP contribution in [-0.4, -0.2) is 15.5 Å². The van der Waals surface area contributed by atoms with Crippen molar-refractivity contribution in [3.05, 3.63) is 0 Å². The molecule has 0 aromatic carbocycles. The van der Waals surface area contributed by atoms with Gasteiger partial charge >= 0.3 is 0 Å². The number of rotatable bonds is 3. The fraction of sp³-hybridized carbons (Fsp3) is 0.941. The van der Waals surface area contributed by atoms with Gasteiger partial charge < -0.3 is 4.55 Å². The molecule has 0 aromatic heterocycles. The second kappa shape index (κ2) is 6.83. The van der Waals surface area contributed by atoms with Crippen molar-refractivity contribution >= 4 is 17.6 Å². The highest BCUT2D eigenvalue weighted by Crippen LogP contribution is 2.47. The van der Waals surface area contributed by atoms with Gasteiger partial charge in [0.05, 0.1) is 6.21 Å². The zero-order valence-electron chi connectivity index (χ0n) is 13.5. The lowest BCUT2D eigenvalue weighted by molar-refractivity contribution is 0.144. The summed E-state index contributed by atoms with van der Waals surface area (Å²) in [5.74, 6) is 0.789. The maximum absolute atomic E-state index is 12.2. The van der Waals surface area contributed by atoms with Gasteiger partial charge in [0.15, 0.2) is 0 Å². The van der Waals surface area contributed by atoms with Gasteiger partial charge in [-0.15, -0.1) is 0 Å². The lowest BCUT2D eigenvalue weighted by Crippen LogP contribution is -2.37. The summed E-state index contributed by atoms with van der Waals surface area (Å²) < 4.78 is 16.5. The van der Waals surface area contributed by atoms with E-state index in [0.717, 1.165) is 5.92 Å². The first-order valence-corrected chi connectivity index (χ1v) is 9.52. The number of hydrogen-bond donors (Lipinski definition) is 0. The van der Waals surface area contributed by atoms with Gasteiger partial charge in [-0.1, -0.05) is 42.9 Å². The minimum absolute atomic E-state index is 0.237. The molecule has 2 aliphatic rings. The predicted molar refractivity (Wildman–Crippen MR) is 88.5 cm³/mol. The smallest absolute Gasteiger partial charge is 0.144 e. The van der Waals surface area contributed by atoms with E-state index >= 15 is 0 Å². The van der Waals surface area contributed by atoms with E-state index in [0.29, 0.717) is 0 Å². The maximum atomic E-state index is 12.2. The van der Waals surface area contributed by atoms with Crippen molar-refractivity contribution in [1.82, 2.24) is 0 Å². The average Bonchev–Trinajstić information content (AvgIpc) is 2.45. The Kier molecular flexibility index (Phi) is 5.58. The van der Waals surface area contributed by atoms with E-state index in [9.17, 15) is 4.55 Å².